The van der Waals surface area contributed by atoms with E-state index in [-0.39, 0.29) is 0 Å². The van der Waals surface area contributed by atoms with Gasteiger partial charge in [0.1, 0.15) is 0 Å². The lowest BCUT2D eigenvalue weighted by molar-refractivity contribution is 1.46. The lowest BCUT2D eigenvalue weighted by Gasteiger charge is -2.08. The third-order valence-corrected chi connectivity index (χ3v) is 4.15. The number of rotatable bonds is 2. The van der Waals surface area contributed by atoms with Crippen LogP contribution in [0.4, 0.5) is 0 Å². The summed E-state index contributed by atoms with van der Waals surface area (Å²) in [6, 6.07) is 11.6. The van der Waals surface area contributed by atoms with Crippen LogP contribution in [0.25, 0.3) is 11.1 Å². The van der Waals surface area contributed by atoms with Crippen LogP contribution >= 0.6 is 46.6 Å². The van der Waals surface area contributed by atoms with E-state index in [1.54, 1.807) is 23.9 Å². The van der Waals surface area contributed by atoms with Crippen LogP contribution < -0.4 is 0 Å². The lowest BCUT2D eigenvalue weighted by atomic mass is 10.1. The molecule has 0 radical (unpaired) electrons. The monoisotopic (exact) mass is 302 g/mol. The van der Waals surface area contributed by atoms with Crippen LogP contribution in [0.1, 0.15) is 0 Å². The Morgan fingerprint density at radius 3 is 2.29 bits per heavy atom. The molecule has 0 fully saturated rings. The van der Waals surface area contributed by atoms with Crippen molar-refractivity contribution >= 4 is 46.6 Å². The molecule has 88 valence electrons. The van der Waals surface area contributed by atoms with E-state index in [0.29, 0.717) is 15.1 Å². The van der Waals surface area contributed by atoms with Crippen molar-refractivity contribution in [3.8, 4) is 11.1 Å². The predicted octanol–water partition coefficient (Wildman–Crippen LogP) is 6.04. The Bertz CT molecular complexity index is 552. The van der Waals surface area contributed by atoms with E-state index in [1.165, 1.54) is 4.90 Å². The van der Waals surface area contributed by atoms with Gasteiger partial charge in [0, 0.05) is 15.5 Å². The molecule has 0 amide bonds. The highest BCUT2D eigenvalue weighted by molar-refractivity contribution is 7.98. The number of hydrogen-bond acceptors (Lipinski definition) is 1. The molecule has 0 unspecified atom stereocenters. The first-order valence-corrected chi connectivity index (χ1v) is 7.26. The molecule has 0 saturated carbocycles. The molecule has 0 N–H and O–H groups in total. The van der Waals surface area contributed by atoms with E-state index in [9.17, 15) is 0 Å². The van der Waals surface area contributed by atoms with Gasteiger partial charge in [0.2, 0.25) is 0 Å². The predicted molar refractivity (Wildman–Crippen MR) is 78.7 cm³/mol. The Hall–Kier alpha value is -0.340. The maximum atomic E-state index is 6.18. The fraction of sp³-hybridized carbons (Fsp3) is 0.0769. The van der Waals surface area contributed by atoms with E-state index >= 15 is 0 Å². The second kappa shape index (κ2) is 5.53. The van der Waals surface area contributed by atoms with Crippen molar-refractivity contribution in [1.29, 1.82) is 0 Å². The molecule has 0 aliphatic rings. The zero-order valence-corrected chi connectivity index (χ0v) is 12.1. The Morgan fingerprint density at radius 1 is 0.882 bits per heavy atom. The zero-order valence-electron chi connectivity index (χ0n) is 9.01. The highest BCUT2D eigenvalue weighted by Crippen LogP contribution is 2.36. The molecule has 2 aromatic rings. The van der Waals surface area contributed by atoms with Gasteiger partial charge in [-0.05, 0) is 36.1 Å². The van der Waals surface area contributed by atoms with Crippen molar-refractivity contribution in [2.45, 2.75) is 4.90 Å². The van der Waals surface area contributed by atoms with Crippen LogP contribution in [0.5, 0.6) is 0 Å². The highest BCUT2D eigenvalue weighted by atomic mass is 35.5. The first-order valence-electron chi connectivity index (χ1n) is 4.91. The van der Waals surface area contributed by atoms with Crippen molar-refractivity contribution in [3.63, 3.8) is 0 Å². The number of benzene rings is 2. The van der Waals surface area contributed by atoms with Crippen molar-refractivity contribution in [2.24, 2.45) is 0 Å². The second-order valence-electron chi connectivity index (χ2n) is 3.48. The molecule has 0 atom stereocenters. The smallest absolute Gasteiger partial charge is 0.0607 e. The molecule has 0 saturated heterocycles. The third kappa shape index (κ3) is 2.92. The molecule has 17 heavy (non-hydrogen) atoms. The van der Waals surface area contributed by atoms with Crippen LogP contribution in [0.3, 0.4) is 0 Å². The molecule has 0 heterocycles. The van der Waals surface area contributed by atoms with Crippen molar-refractivity contribution in [3.05, 3.63) is 51.5 Å². The van der Waals surface area contributed by atoms with Crippen LogP contribution in [0.15, 0.2) is 41.3 Å². The summed E-state index contributed by atoms with van der Waals surface area (Å²) in [6.45, 7) is 0. The molecule has 2 rings (SSSR count). The molecular weight excluding hydrogens is 295 g/mol. The molecule has 2 aromatic carbocycles. The number of hydrogen-bond donors (Lipinski definition) is 0. The van der Waals surface area contributed by atoms with Crippen molar-refractivity contribution in [1.82, 2.24) is 0 Å². The Balaban J connectivity index is 2.56. The molecule has 0 aliphatic carbocycles. The summed E-state index contributed by atoms with van der Waals surface area (Å²) in [5, 5.41) is 1.60. The summed E-state index contributed by atoms with van der Waals surface area (Å²) in [5.74, 6) is 0. The highest BCUT2D eigenvalue weighted by Gasteiger charge is 2.08. The minimum absolute atomic E-state index is 0.474. The summed E-state index contributed by atoms with van der Waals surface area (Å²) < 4.78 is 0. The minimum atomic E-state index is 0.474. The summed E-state index contributed by atoms with van der Waals surface area (Å²) in [7, 11) is 0. The molecule has 0 aromatic heterocycles. The van der Waals surface area contributed by atoms with E-state index in [1.807, 2.05) is 18.4 Å². The normalized spacial score (nSPS) is 10.6. The SMILES string of the molecule is CSc1cccc(-c2cc(Cl)c(Cl)cc2Cl)c1. The topological polar surface area (TPSA) is 0 Å². The van der Waals surface area contributed by atoms with Gasteiger partial charge in [-0.1, -0.05) is 46.9 Å². The van der Waals surface area contributed by atoms with Crippen molar-refractivity contribution in [2.75, 3.05) is 6.26 Å². The molecule has 0 bridgehead atoms. The Labute approximate surface area is 120 Å². The van der Waals surface area contributed by atoms with Gasteiger partial charge < -0.3 is 0 Å². The zero-order chi connectivity index (χ0) is 12.4. The summed E-state index contributed by atoms with van der Waals surface area (Å²) >= 11 is 19.8. The first kappa shape index (κ1) is 13.1. The van der Waals surface area contributed by atoms with Gasteiger partial charge in [0.25, 0.3) is 0 Å². The fourth-order valence-electron chi connectivity index (χ4n) is 1.53. The Kier molecular flexibility index (Phi) is 4.26. The number of halogens is 3. The fourth-order valence-corrected chi connectivity index (χ4v) is 2.65. The minimum Gasteiger partial charge on any atom is -0.130 e. The first-order chi connectivity index (χ1) is 8.11. The molecular formula is C13H9Cl3S. The maximum absolute atomic E-state index is 6.18. The molecule has 0 aliphatic heterocycles. The number of thioether (sulfide) groups is 1. The second-order valence-corrected chi connectivity index (χ2v) is 5.58. The van der Waals surface area contributed by atoms with Gasteiger partial charge in [-0.25, -0.2) is 0 Å². The van der Waals surface area contributed by atoms with Gasteiger partial charge in [-0.2, -0.15) is 0 Å². The summed E-state index contributed by atoms with van der Waals surface area (Å²) in [4.78, 5) is 1.18. The third-order valence-electron chi connectivity index (χ3n) is 2.39. The van der Waals surface area contributed by atoms with Gasteiger partial charge in [-0.3, -0.25) is 0 Å². The molecule has 0 nitrogen and oxygen atoms in total. The van der Waals surface area contributed by atoms with Gasteiger partial charge >= 0.3 is 0 Å². The van der Waals surface area contributed by atoms with Gasteiger partial charge in [-0.15, -0.1) is 11.8 Å². The van der Waals surface area contributed by atoms with Crippen LogP contribution in [-0.2, 0) is 0 Å². The van der Waals surface area contributed by atoms with Crippen LogP contribution in [-0.4, -0.2) is 6.26 Å². The molecule has 4 heteroatoms. The molecule has 0 spiro atoms. The average molecular weight is 304 g/mol. The van der Waals surface area contributed by atoms with E-state index in [0.717, 1.165) is 11.1 Å². The van der Waals surface area contributed by atoms with E-state index in [4.69, 9.17) is 34.8 Å². The maximum Gasteiger partial charge on any atom is 0.0607 e. The van der Waals surface area contributed by atoms with E-state index in [2.05, 4.69) is 12.1 Å². The van der Waals surface area contributed by atoms with E-state index < -0.39 is 0 Å². The standard InChI is InChI=1S/C13H9Cl3S/c1-17-9-4-2-3-8(5-9)10-6-12(15)13(16)7-11(10)14/h2-7H,1H3. The van der Waals surface area contributed by atoms with Crippen LogP contribution in [0, 0.1) is 0 Å². The summed E-state index contributed by atoms with van der Waals surface area (Å²) in [5.41, 5.74) is 1.94. The van der Waals surface area contributed by atoms with Gasteiger partial charge in [0.15, 0.2) is 0 Å². The quantitative estimate of drug-likeness (QED) is 0.482. The lowest BCUT2D eigenvalue weighted by Crippen LogP contribution is -1.82. The average Bonchev–Trinajstić information content (AvgIpc) is 2.34. The van der Waals surface area contributed by atoms with Crippen LogP contribution in [0.2, 0.25) is 15.1 Å². The van der Waals surface area contributed by atoms with Crippen molar-refractivity contribution < 1.29 is 0 Å². The summed E-state index contributed by atoms with van der Waals surface area (Å²) in [6.07, 6.45) is 2.04. The van der Waals surface area contributed by atoms with Gasteiger partial charge in [0.05, 0.1) is 10.0 Å². The Morgan fingerprint density at radius 2 is 1.59 bits per heavy atom. The largest absolute Gasteiger partial charge is 0.130 e.